The SMILES string of the molecule is CC1CC(n2c(CCl)nc3cccc(Cl)c32)CCO1. The molecular weight excluding hydrogens is 283 g/mol. The molecule has 1 saturated heterocycles. The average molecular weight is 299 g/mol. The molecule has 2 heterocycles. The van der Waals surface area contributed by atoms with E-state index in [2.05, 4.69) is 16.5 Å². The van der Waals surface area contributed by atoms with Crippen LogP contribution < -0.4 is 0 Å². The van der Waals surface area contributed by atoms with Gasteiger partial charge in [0.2, 0.25) is 0 Å². The number of halogens is 2. The fourth-order valence-corrected chi connectivity index (χ4v) is 3.30. The van der Waals surface area contributed by atoms with Gasteiger partial charge in [0.15, 0.2) is 0 Å². The van der Waals surface area contributed by atoms with Crippen molar-refractivity contribution in [1.82, 2.24) is 9.55 Å². The van der Waals surface area contributed by atoms with Crippen LogP contribution >= 0.6 is 23.2 Å². The molecule has 0 bridgehead atoms. The van der Waals surface area contributed by atoms with Crippen LogP contribution in [0.1, 0.15) is 31.6 Å². The van der Waals surface area contributed by atoms with Crippen molar-refractivity contribution in [3.63, 3.8) is 0 Å². The Morgan fingerprint density at radius 1 is 1.47 bits per heavy atom. The van der Waals surface area contributed by atoms with Crippen molar-refractivity contribution in [1.29, 1.82) is 0 Å². The molecule has 102 valence electrons. The maximum absolute atomic E-state index is 6.35. The van der Waals surface area contributed by atoms with Gasteiger partial charge in [0.1, 0.15) is 5.82 Å². The summed E-state index contributed by atoms with van der Waals surface area (Å²) in [6.45, 7) is 2.88. The largest absolute Gasteiger partial charge is 0.378 e. The van der Waals surface area contributed by atoms with Gasteiger partial charge in [-0.25, -0.2) is 4.98 Å². The molecule has 0 spiro atoms. The molecule has 1 aliphatic heterocycles. The molecule has 1 aromatic heterocycles. The minimum Gasteiger partial charge on any atom is -0.378 e. The zero-order valence-corrected chi connectivity index (χ0v) is 12.3. The van der Waals surface area contributed by atoms with Crippen LogP contribution in [0.3, 0.4) is 0 Å². The second kappa shape index (κ2) is 5.31. The molecule has 1 fully saturated rings. The summed E-state index contributed by atoms with van der Waals surface area (Å²) >= 11 is 12.4. The molecule has 5 heteroatoms. The first-order valence-corrected chi connectivity index (χ1v) is 7.45. The number of alkyl halides is 1. The van der Waals surface area contributed by atoms with E-state index in [0.717, 1.165) is 41.3 Å². The van der Waals surface area contributed by atoms with Gasteiger partial charge in [-0.15, -0.1) is 11.6 Å². The molecule has 1 aromatic carbocycles. The van der Waals surface area contributed by atoms with Crippen LogP contribution in [0.4, 0.5) is 0 Å². The second-order valence-corrected chi connectivity index (χ2v) is 5.67. The molecule has 3 rings (SSSR count). The predicted octanol–water partition coefficient (Wildman–Crippen LogP) is 4.17. The Morgan fingerprint density at radius 3 is 3.05 bits per heavy atom. The summed E-state index contributed by atoms with van der Waals surface area (Å²) in [7, 11) is 0. The Kier molecular flexibility index (Phi) is 3.70. The quantitative estimate of drug-likeness (QED) is 0.778. The summed E-state index contributed by atoms with van der Waals surface area (Å²) < 4.78 is 7.83. The molecular formula is C14H16Cl2N2O. The highest BCUT2D eigenvalue weighted by atomic mass is 35.5. The standard InChI is InChI=1S/C14H16Cl2N2O/c1-9-7-10(5-6-19-9)18-13(8-15)17-12-4-2-3-11(16)14(12)18/h2-4,9-10H,5-8H2,1H3. The van der Waals surface area contributed by atoms with Gasteiger partial charge in [-0.05, 0) is 31.9 Å². The fraction of sp³-hybridized carbons (Fsp3) is 0.500. The number of rotatable bonds is 2. The summed E-state index contributed by atoms with van der Waals surface area (Å²) in [5.74, 6) is 1.29. The van der Waals surface area contributed by atoms with Crippen LogP contribution in [-0.4, -0.2) is 22.3 Å². The Balaban J connectivity index is 2.14. The Morgan fingerprint density at radius 2 is 2.32 bits per heavy atom. The maximum atomic E-state index is 6.35. The molecule has 0 amide bonds. The highest BCUT2D eigenvalue weighted by molar-refractivity contribution is 6.35. The number of benzene rings is 1. The Bertz CT molecular complexity index is 596. The minimum absolute atomic E-state index is 0.266. The van der Waals surface area contributed by atoms with Gasteiger partial charge in [0.25, 0.3) is 0 Å². The molecule has 0 saturated carbocycles. The number of para-hydroxylation sites is 1. The van der Waals surface area contributed by atoms with Crippen molar-refractivity contribution in [2.75, 3.05) is 6.61 Å². The molecule has 1 aliphatic rings. The smallest absolute Gasteiger partial charge is 0.125 e. The van der Waals surface area contributed by atoms with E-state index < -0.39 is 0 Å². The van der Waals surface area contributed by atoms with Gasteiger partial charge in [-0.3, -0.25) is 0 Å². The molecule has 3 nitrogen and oxygen atoms in total. The van der Waals surface area contributed by atoms with Crippen molar-refractivity contribution in [2.45, 2.75) is 37.8 Å². The number of ether oxygens (including phenoxy) is 1. The first kappa shape index (κ1) is 13.2. The van der Waals surface area contributed by atoms with E-state index in [1.54, 1.807) is 0 Å². The third-order valence-corrected chi connectivity index (χ3v) is 4.22. The van der Waals surface area contributed by atoms with Gasteiger partial charge in [0, 0.05) is 12.6 Å². The Hall–Kier alpha value is -0.770. The summed E-state index contributed by atoms with van der Waals surface area (Å²) in [6, 6.07) is 6.17. The van der Waals surface area contributed by atoms with Crippen LogP contribution in [0.25, 0.3) is 11.0 Å². The predicted molar refractivity (Wildman–Crippen MR) is 78.0 cm³/mol. The molecule has 2 aromatic rings. The van der Waals surface area contributed by atoms with Crippen molar-refractivity contribution in [2.24, 2.45) is 0 Å². The van der Waals surface area contributed by atoms with Crippen LogP contribution in [0, 0.1) is 0 Å². The van der Waals surface area contributed by atoms with E-state index in [9.17, 15) is 0 Å². The number of fused-ring (bicyclic) bond motifs is 1. The van der Waals surface area contributed by atoms with Crippen molar-refractivity contribution in [3.05, 3.63) is 29.0 Å². The van der Waals surface area contributed by atoms with E-state index in [1.165, 1.54) is 0 Å². The zero-order valence-electron chi connectivity index (χ0n) is 10.8. The highest BCUT2D eigenvalue weighted by Gasteiger charge is 2.25. The van der Waals surface area contributed by atoms with Gasteiger partial charge in [-0.1, -0.05) is 17.7 Å². The van der Waals surface area contributed by atoms with Crippen molar-refractivity contribution < 1.29 is 4.74 Å². The van der Waals surface area contributed by atoms with Gasteiger partial charge in [-0.2, -0.15) is 0 Å². The summed E-state index contributed by atoms with van der Waals surface area (Å²) in [5.41, 5.74) is 1.92. The van der Waals surface area contributed by atoms with Gasteiger partial charge >= 0.3 is 0 Å². The minimum atomic E-state index is 0.266. The molecule has 0 aliphatic carbocycles. The lowest BCUT2D eigenvalue weighted by Crippen LogP contribution is -2.26. The van der Waals surface area contributed by atoms with E-state index in [1.807, 2.05) is 18.2 Å². The monoisotopic (exact) mass is 298 g/mol. The van der Waals surface area contributed by atoms with Gasteiger partial charge in [0.05, 0.1) is 28.0 Å². The van der Waals surface area contributed by atoms with E-state index in [4.69, 9.17) is 27.9 Å². The van der Waals surface area contributed by atoms with Crippen molar-refractivity contribution in [3.8, 4) is 0 Å². The molecule has 0 radical (unpaired) electrons. The van der Waals surface area contributed by atoms with Crippen molar-refractivity contribution >= 4 is 34.2 Å². The van der Waals surface area contributed by atoms with E-state index in [-0.39, 0.29) is 6.10 Å². The number of imidazole rings is 1. The summed E-state index contributed by atoms with van der Waals surface area (Å²) in [6.07, 6.45) is 2.22. The van der Waals surface area contributed by atoms with Crippen LogP contribution in [-0.2, 0) is 10.6 Å². The van der Waals surface area contributed by atoms with E-state index in [0.29, 0.717) is 11.9 Å². The molecule has 2 atom stereocenters. The molecule has 2 unspecified atom stereocenters. The first-order valence-electron chi connectivity index (χ1n) is 6.53. The van der Waals surface area contributed by atoms with Crippen LogP contribution in [0.2, 0.25) is 5.02 Å². The van der Waals surface area contributed by atoms with Crippen LogP contribution in [0.5, 0.6) is 0 Å². The molecule has 0 N–H and O–H groups in total. The average Bonchev–Trinajstić information content (AvgIpc) is 2.78. The third-order valence-electron chi connectivity index (χ3n) is 3.68. The van der Waals surface area contributed by atoms with Gasteiger partial charge < -0.3 is 9.30 Å². The first-order chi connectivity index (χ1) is 9.20. The maximum Gasteiger partial charge on any atom is 0.125 e. The fourth-order valence-electron chi connectivity index (χ4n) is 2.85. The number of hydrogen-bond donors (Lipinski definition) is 0. The number of aromatic nitrogens is 2. The Labute approximate surface area is 122 Å². The highest BCUT2D eigenvalue weighted by Crippen LogP contribution is 2.33. The molecule has 19 heavy (non-hydrogen) atoms. The lowest BCUT2D eigenvalue weighted by molar-refractivity contribution is 0.00633. The second-order valence-electron chi connectivity index (χ2n) is 5.00. The number of nitrogens with zero attached hydrogens (tertiary/aromatic N) is 2. The van der Waals surface area contributed by atoms with E-state index >= 15 is 0 Å². The third kappa shape index (κ3) is 2.35. The lowest BCUT2D eigenvalue weighted by Gasteiger charge is -2.29. The topological polar surface area (TPSA) is 27.1 Å². The normalized spacial score (nSPS) is 23.9. The van der Waals surface area contributed by atoms with Crippen LogP contribution in [0.15, 0.2) is 18.2 Å². The summed E-state index contributed by atoms with van der Waals surface area (Å²) in [5, 5.41) is 0.737. The number of hydrogen-bond acceptors (Lipinski definition) is 2. The summed E-state index contributed by atoms with van der Waals surface area (Å²) in [4.78, 5) is 4.60. The zero-order chi connectivity index (χ0) is 13.4. The lowest BCUT2D eigenvalue weighted by atomic mass is 10.0.